The third-order valence-corrected chi connectivity index (χ3v) is 3.92. The average Bonchev–Trinajstić information content (AvgIpc) is 2.57. The zero-order valence-electron chi connectivity index (χ0n) is 13.4. The van der Waals surface area contributed by atoms with Crippen LogP contribution < -0.4 is 0 Å². The zero-order chi connectivity index (χ0) is 15.6. The van der Waals surface area contributed by atoms with Gasteiger partial charge in [0.2, 0.25) is 0 Å². The van der Waals surface area contributed by atoms with Gasteiger partial charge in [-0.2, -0.15) is 0 Å². The lowest BCUT2D eigenvalue weighted by Crippen LogP contribution is -2.33. The van der Waals surface area contributed by atoms with Crippen LogP contribution >= 0.6 is 0 Å². The summed E-state index contributed by atoms with van der Waals surface area (Å²) in [5.41, 5.74) is 2.63. The highest BCUT2D eigenvalue weighted by molar-refractivity contribution is 5.18. The molecule has 0 amide bonds. The molecule has 1 heteroatoms. The summed E-state index contributed by atoms with van der Waals surface area (Å²) in [5, 5.41) is 0. The fourth-order valence-corrected chi connectivity index (χ4v) is 2.68. The first kappa shape index (κ1) is 16.3. The van der Waals surface area contributed by atoms with Crippen molar-refractivity contribution < 1.29 is 0 Å². The fourth-order valence-electron chi connectivity index (χ4n) is 2.68. The van der Waals surface area contributed by atoms with Gasteiger partial charge < -0.3 is 0 Å². The number of rotatable bonds is 8. The van der Waals surface area contributed by atoms with Crippen LogP contribution in [0.2, 0.25) is 0 Å². The smallest absolute Gasteiger partial charge is 0.0717 e. The van der Waals surface area contributed by atoms with Crippen molar-refractivity contribution in [1.29, 1.82) is 0 Å². The first-order chi connectivity index (χ1) is 10.8. The molecule has 0 N–H and O–H groups in total. The van der Waals surface area contributed by atoms with Crippen LogP contribution in [0, 0.1) is 12.3 Å². The predicted molar refractivity (Wildman–Crippen MR) is 94.3 cm³/mol. The molecule has 0 saturated heterocycles. The largest absolute Gasteiger partial charge is 0.281 e. The highest BCUT2D eigenvalue weighted by atomic mass is 15.1. The Hall–Kier alpha value is -2.04. The van der Waals surface area contributed by atoms with Crippen LogP contribution in [0.15, 0.2) is 60.7 Å². The van der Waals surface area contributed by atoms with Crippen molar-refractivity contribution >= 4 is 0 Å². The van der Waals surface area contributed by atoms with E-state index >= 15 is 0 Å². The summed E-state index contributed by atoms with van der Waals surface area (Å²) in [6.07, 6.45) is 9.25. The minimum absolute atomic E-state index is 0.195. The van der Waals surface area contributed by atoms with Gasteiger partial charge in [0.15, 0.2) is 0 Å². The van der Waals surface area contributed by atoms with Crippen molar-refractivity contribution in [1.82, 2.24) is 4.90 Å². The van der Waals surface area contributed by atoms with Gasteiger partial charge in [-0.3, -0.25) is 4.90 Å². The molecule has 0 saturated carbocycles. The zero-order valence-corrected chi connectivity index (χ0v) is 13.4. The summed E-state index contributed by atoms with van der Waals surface area (Å²) in [6, 6.07) is 21.4. The number of unbranched alkanes of at least 4 members (excludes halogenated alkanes) is 1. The Bertz CT molecular complexity index is 526. The SMILES string of the molecule is C#C[C@H](CCCC)N(Cc1ccccc1)Cc1ccccc1. The Morgan fingerprint density at radius 1 is 0.909 bits per heavy atom. The average molecular weight is 291 g/mol. The van der Waals surface area contributed by atoms with Crippen LogP contribution in [-0.4, -0.2) is 10.9 Å². The molecular formula is C21H25N. The predicted octanol–water partition coefficient (Wildman–Crippen LogP) is 4.88. The number of terminal acetylenes is 1. The summed E-state index contributed by atoms with van der Waals surface area (Å²) in [6.45, 7) is 4.01. The second-order valence-electron chi connectivity index (χ2n) is 5.70. The van der Waals surface area contributed by atoms with Crippen LogP contribution in [0.4, 0.5) is 0 Å². The molecule has 1 nitrogen and oxygen atoms in total. The topological polar surface area (TPSA) is 3.24 Å². The van der Waals surface area contributed by atoms with Crippen molar-refractivity contribution in [2.24, 2.45) is 0 Å². The van der Waals surface area contributed by atoms with Gasteiger partial charge in [-0.25, -0.2) is 0 Å². The number of benzene rings is 2. The van der Waals surface area contributed by atoms with E-state index in [4.69, 9.17) is 6.42 Å². The van der Waals surface area contributed by atoms with Crippen molar-refractivity contribution in [3.8, 4) is 12.3 Å². The number of hydrogen-bond donors (Lipinski definition) is 0. The molecule has 0 aliphatic rings. The molecule has 2 aromatic rings. The first-order valence-electron chi connectivity index (χ1n) is 8.11. The van der Waals surface area contributed by atoms with Gasteiger partial charge in [-0.1, -0.05) is 86.3 Å². The van der Waals surface area contributed by atoms with E-state index in [-0.39, 0.29) is 6.04 Å². The Morgan fingerprint density at radius 3 is 1.82 bits per heavy atom. The fraction of sp³-hybridized carbons (Fsp3) is 0.333. The lowest BCUT2D eigenvalue weighted by atomic mass is 10.1. The summed E-state index contributed by atoms with van der Waals surface area (Å²) >= 11 is 0. The second kappa shape index (κ2) is 9.07. The quantitative estimate of drug-likeness (QED) is 0.626. The minimum Gasteiger partial charge on any atom is -0.281 e. The van der Waals surface area contributed by atoms with Crippen LogP contribution in [0.1, 0.15) is 37.3 Å². The molecule has 0 aliphatic heterocycles. The maximum Gasteiger partial charge on any atom is 0.0717 e. The van der Waals surface area contributed by atoms with E-state index in [2.05, 4.69) is 78.4 Å². The summed E-state index contributed by atoms with van der Waals surface area (Å²) in [7, 11) is 0. The van der Waals surface area contributed by atoms with Crippen LogP contribution in [-0.2, 0) is 13.1 Å². The lowest BCUT2D eigenvalue weighted by molar-refractivity contribution is 0.206. The first-order valence-corrected chi connectivity index (χ1v) is 8.11. The standard InChI is InChI=1S/C21H25N/c1-3-5-16-21(4-2)22(17-19-12-8-6-9-13-19)18-20-14-10-7-11-15-20/h2,6-15,21H,3,5,16-18H2,1H3/t21-/m1/s1. The van der Waals surface area contributed by atoms with Crippen molar-refractivity contribution in [3.63, 3.8) is 0 Å². The summed E-state index contributed by atoms with van der Waals surface area (Å²) < 4.78 is 0. The van der Waals surface area contributed by atoms with Crippen molar-refractivity contribution in [2.45, 2.75) is 45.3 Å². The van der Waals surface area contributed by atoms with Gasteiger partial charge >= 0.3 is 0 Å². The van der Waals surface area contributed by atoms with E-state index in [0.29, 0.717) is 0 Å². The molecule has 0 fully saturated rings. The molecule has 0 spiro atoms. The molecular weight excluding hydrogens is 266 g/mol. The van der Waals surface area contributed by atoms with Gasteiger partial charge in [-0.05, 0) is 17.5 Å². The third-order valence-electron chi connectivity index (χ3n) is 3.92. The van der Waals surface area contributed by atoms with E-state index in [0.717, 1.165) is 19.5 Å². The number of nitrogens with zero attached hydrogens (tertiary/aromatic N) is 1. The molecule has 0 aromatic heterocycles. The summed E-state index contributed by atoms with van der Waals surface area (Å²) in [5.74, 6) is 3.00. The van der Waals surface area contributed by atoms with E-state index in [1.165, 1.54) is 24.0 Å². The van der Waals surface area contributed by atoms with E-state index in [1.807, 2.05) is 0 Å². The molecule has 0 heterocycles. The third kappa shape index (κ3) is 5.06. The van der Waals surface area contributed by atoms with Crippen LogP contribution in [0.25, 0.3) is 0 Å². The Labute approximate surface area is 135 Å². The molecule has 1 atom stereocenters. The molecule has 2 rings (SSSR count). The lowest BCUT2D eigenvalue weighted by Gasteiger charge is -2.28. The van der Waals surface area contributed by atoms with Gasteiger partial charge in [0.05, 0.1) is 6.04 Å². The molecule has 114 valence electrons. The van der Waals surface area contributed by atoms with Gasteiger partial charge in [0.1, 0.15) is 0 Å². The molecule has 0 radical (unpaired) electrons. The molecule has 0 bridgehead atoms. The van der Waals surface area contributed by atoms with Crippen molar-refractivity contribution in [3.05, 3.63) is 71.8 Å². The Morgan fingerprint density at radius 2 is 1.41 bits per heavy atom. The van der Waals surface area contributed by atoms with E-state index < -0.39 is 0 Å². The van der Waals surface area contributed by atoms with E-state index in [9.17, 15) is 0 Å². The van der Waals surface area contributed by atoms with Crippen LogP contribution in [0.5, 0.6) is 0 Å². The number of hydrogen-bond acceptors (Lipinski definition) is 1. The molecule has 0 aliphatic carbocycles. The minimum atomic E-state index is 0.195. The second-order valence-corrected chi connectivity index (χ2v) is 5.70. The highest BCUT2D eigenvalue weighted by Crippen LogP contribution is 2.16. The highest BCUT2D eigenvalue weighted by Gasteiger charge is 2.16. The maximum atomic E-state index is 5.83. The van der Waals surface area contributed by atoms with Gasteiger partial charge in [0.25, 0.3) is 0 Å². The molecule has 22 heavy (non-hydrogen) atoms. The van der Waals surface area contributed by atoms with Crippen LogP contribution in [0.3, 0.4) is 0 Å². The normalized spacial score (nSPS) is 12.0. The Kier molecular flexibility index (Phi) is 6.74. The monoisotopic (exact) mass is 291 g/mol. The van der Waals surface area contributed by atoms with E-state index in [1.54, 1.807) is 0 Å². The molecule has 2 aromatic carbocycles. The maximum absolute atomic E-state index is 5.83. The summed E-state index contributed by atoms with van der Waals surface area (Å²) in [4.78, 5) is 2.42. The molecule has 0 unspecified atom stereocenters. The van der Waals surface area contributed by atoms with Gasteiger partial charge in [0, 0.05) is 13.1 Å². The van der Waals surface area contributed by atoms with Gasteiger partial charge in [-0.15, -0.1) is 6.42 Å². The van der Waals surface area contributed by atoms with Crippen molar-refractivity contribution in [2.75, 3.05) is 0 Å². The Balaban J connectivity index is 2.14.